The van der Waals surface area contributed by atoms with Crippen molar-refractivity contribution < 1.29 is 13.2 Å². The fraction of sp³-hybridized carbons (Fsp3) is 0.208. The van der Waals surface area contributed by atoms with Gasteiger partial charge in [-0.25, -0.2) is 8.42 Å². The Labute approximate surface area is 187 Å². The van der Waals surface area contributed by atoms with Gasteiger partial charge in [-0.1, -0.05) is 66.2 Å². The Hall–Kier alpha value is -2.69. The van der Waals surface area contributed by atoms with E-state index >= 15 is 0 Å². The quantitative estimate of drug-likeness (QED) is 0.582. The lowest BCUT2D eigenvalue weighted by Gasteiger charge is -2.33. The van der Waals surface area contributed by atoms with Crippen molar-refractivity contribution >= 4 is 21.6 Å². The van der Waals surface area contributed by atoms with E-state index in [-0.39, 0.29) is 28.6 Å². The lowest BCUT2D eigenvalue weighted by molar-refractivity contribution is 0.0674. The highest BCUT2D eigenvalue weighted by Crippen LogP contribution is 2.30. The molecular weight excluding hydrogens is 432 g/mol. The summed E-state index contributed by atoms with van der Waals surface area (Å²) in [5.74, 6) is 0. The van der Waals surface area contributed by atoms with Gasteiger partial charge in [0.15, 0.2) is 0 Å². The number of benzene rings is 3. The molecule has 1 aliphatic heterocycles. The maximum absolute atomic E-state index is 13.9. The molecule has 0 saturated heterocycles. The Morgan fingerprint density at radius 2 is 1.74 bits per heavy atom. The predicted octanol–water partition coefficient (Wildman–Crippen LogP) is 4.54. The Morgan fingerprint density at radius 1 is 1.03 bits per heavy atom. The number of ether oxygens (including phenoxy) is 1. The van der Waals surface area contributed by atoms with Crippen LogP contribution < -0.4 is 0 Å². The number of hydrogen-bond acceptors (Lipinski definition) is 4. The molecule has 1 unspecified atom stereocenters. The van der Waals surface area contributed by atoms with E-state index in [4.69, 9.17) is 16.3 Å². The van der Waals surface area contributed by atoms with Crippen molar-refractivity contribution in [3.63, 3.8) is 0 Å². The highest BCUT2D eigenvalue weighted by Gasteiger charge is 2.35. The lowest BCUT2D eigenvalue weighted by atomic mass is 10.0. The van der Waals surface area contributed by atoms with Crippen LogP contribution >= 0.6 is 11.6 Å². The summed E-state index contributed by atoms with van der Waals surface area (Å²) in [6, 6.07) is 23.2. The van der Waals surface area contributed by atoms with Gasteiger partial charge in [0, 0.05) is 11.6 Å². The molecule has 1 aliphatic rings. The monoisotopic (exact) mass is 452 g/mol. The first kappa shape index (κ1) is 21.5. The normalized spacial score (nSPS) is 17.2. The van der Waals surface area contributed by atoms with E-state index in [0.717, 1.165) is 16.7 Å². The molecule has 0 saturated carbocycles. The maximum atomic E-state index is 13.9. The standard InChI is InChI=1S/C24H21ClN2O3S/c25-22-11-10-19(14-26)24(13-22)31(28,29)27-15-20-8-4-5-9-21(20)16-30-17-23(27)12-18-6-2-1-3-7-18/h1-11,13,23H,12,15-17H2. The van der Waals surface area contributed by atoms with Crippen LogP contribution in [0.5, 0.6) is 0 Å². The Bertz CT molecular complexity index is 1220. The number of nitrogens with zero attached hydrogens (tertiary/aromatic N) is 2. The molecule has 0 amide bonds. The molecule has 1 atom stereocenters. The average molecular weight is 453 g/mol. The first-order chi connectivity index (χ1) is 15.0. The summed E-state index contributed by atoms with van der Waals surface area (Å²) < 4.78 is 35.1. The number of fused-ring (bicyclic) bond motifs is 1. The topological polar surface area (TPSA) is 70.4 Å². The second-order valence-electron chi connectivity index (χ2n) is 7.43. The van der Waals surface area contributed by atoms with Crippen LogP contribution in [-0.4, -0.2) is 25.4 Å². The maximum Gasteiger partial charge on any atom is 0.245 e. The van der Waals surface area contributed by atoms with Gasteiger partial charge in [-0.15, -0.1) is 0 Å². The fourth-order valence-corrected chi connectivity index (χ4v) is 5.79. The molecule has 0 N–H and O–H groups in total. The first-order valence-electron chi connectivity index (χ1n) is 9.89. The molecule has 4 rings (SSSR count). The molecule has 0 bridgehead atoms. The van der Waals surface area contributed by atoms with Crippen molar-refractivity contribution in [1.82, 2.24) is 4.31 Å². The van der Waals surface area contributed by atoms with Crippen LogP contribution in [0.4, 0.5) is 0 Å². The van der Waals surface area contributed by atoms with Gasteiger partial charge in [0.1, 0.15) is 11.0 Å². The van der Waals surface area contributed by atoms with E-state index in [2.05, 4.69) is 0 Å². The molecule has 3 aromatic rings. The Kier molecular flexibility index (Phi) is 6.40. The molecule has 3 aromatic carbocycles. The van der Waals surface area contributed by atoms with Crippen molar-refractivity contribution in [3.05, 3.63) is 100 Å². The van der Waals surface area contributed by atoms with Crippen molar-refractivity contribution in [1.29, 1.82) is 5.26 Å². The molecule has 7 heteroatoms. The minimum Gasteiger partial charge on any atom is -0.375 e. The molecule has 0 aliphatic carbocycles. The van der Waals surface area contributed by atoms with Crippen LogP contribution in [-0.2, 0) is 34.3 Å². The van der Waals surface area contributed by atoms with Gasteiger partial charge in [0.2, 0.25) is 10.0 Å². The second kappa shape index (κ2) is 9.21. The third kappa shape index (κ3) is 4.65. The van der Waals surface area contributed by atoms with Crippen molar-refractivity contribution in [2.75, 3.05) is 6.61 Å². The molecule has 158 valence electrons. The zero-order valence-electron chi connectivity index (χ0n) is 16.7. The van der Waals surface area contributed by atoms with Crippen LogP contribution in [0.1, 0.15) is 22.3 Å². The summed E-state index contributed by atoms with van der Waals surface area (Å²) in [5, 5.41) is 9.79. The molecule has 0 spiro atoms. The van der Waals surface area contributed by atoms with Crippen molar-refractivity contribution in [2.24, 2.45) is 0 Å². The van der Waals surface area contributed by atoms with Gasteiger partial charge in [0.05, 0.1) is 24.8 Å². The SMILES string of the molecule is N#Cc1ccc(Cl)cc1S(=O)(=O)N1Cc2ccccc2COCC1Cc1ccccc1. The minimum absolute atomic E-state index is 0.0686. The van der Waals surface area contributed by atoms with Gasteiger partial charge in [-0.2, -0.15) is 9.57 Å². The van der Waals surface area contributed by atoms with Crippen LogP contribution in [0.25, 0.3) is 0 Å². The van der Waals surface area contributed by atoms with Crippen LogP contribution in [0, 0.1) is 11.3 Å². The largest absolute Gasteiger partial charge is 0.375 e. The van der Waals surface area contributed by atoms with Gasteiger partial charge < -0.3 is 4.74 Å². The fourth-order valence-electron chi connectivity index (χ4n) is 3.79. The predicted molar refractivity (Wildman–Crippen MR) is 119 cm³/mol. The van der Waals surface area contributed by atoms with Gasteiger partial charge in [-0.3, -0.25) is 0 Å². The number of nitriles is 1. The zero-order chi connectivity index (χ0) is 21.8. The van der Waals surface area contributed by atoms with E-state index in [9.17, 15) is 13.7 Å². The number of rotatable bonds is 4. The molecule has 0 fully saturated rings. The van der Waals surface area contributed by atoms with Crippen molar-refractivity contribution in [3.8, 4) is 6.07 Å². The number of sulfonamides is 1. The summed E-state index contributed by atoms with van der Waals surface area (Å²) in [4.78, 5) is -0.0846. The van der Waals surface area contributed by atoms with Crippen LogP contribution in [0.15, 0.2) is 77.7 Å². The van der Waals surface area contributed by atoms with E-state index in [1.807, 2.05) is 60.7 Å². The highest BCUT2D eigenvalue weighted by molar-refractivity contribution is 7.89. The molecule has 1 heterocycles. The summed E-state index contributed by atoms with van der Waals surface area (Å²) in [7, 11) is -4.03. The van der Waals surface area contributed by atoms with Gasteiger partial charge >= 0.3 is 0 Å². The molecule has 0 radical (unpaired) electrons. The average Bonchev–Trinajstić information content (AvgIpc) is 2.76. The van der Waals surface area contributed by atoms with E-state index in [0.29, 0.717) is 13.0 Å². The third-order valence-electron chi connectivity index (χ3n) is 5.38. The highest BCUT2D eigenvalue weighted by atomic mass is 35.5. The lowest BCUT2D eigenvalue weighted by Crippen LogP contribution is -2.45. The number of hydrogen-bond donors (Lipinski definition) is 0. The summed E-state index contributed by atoms with van der Waals surface area (Å²) >= 11 is 6.11. The van der Waals surface area contributed by atoms with E-state index in [1.54, 1.807) is 0 Å². The van der Waals surface area contributed by atoms with Crippen LogP contribution in [0.3, 0.4) is 0 Å². The van der Waals surface area contributed by atoms with Gasteiger partial charge in [0.25, 0.3) is 0 Å². The van der Waals surface area contributed by atoms with E-state index in [1.165, 1.54) is 22.5 Å². The van der Waals surface area contributed by atoms with Crippen LogP contribution in [0.2, 0.25) is 5.02 Å². The minimum atomic E-state index is -4.03. The zero-order valence-corrected chi connectivity index (χ0v) is 18.3. The third-order valence-corrected chi connectivity index (χ3v) is 7.56. The molecule has 31 heavy (non-hydrogen) atoms. The first-order valence-corrected chi connectivity index (χ1v) is 11.7. The Morgan fingerprint density at radius 3 is 2.48 bits per heavy atom. The summed E-state index contributed by atoms with van der Waals surface area (Å²) in [5.41, 5.74) is 2.91. The van der Waals surface area contributed by atoms with Gasteiger partial charge in [-0.05, 0) is 41.3 Å². The van der Waals surface area contributed by atoms with Crippen molar-refractivity contribution in [2.45, 2.75) is 30.5 Å². The number of halogens is 1. The smallest absolute Gasteiger partial charge is 0.245 e. The molecule has 0 aromatic heterocycles. The molecule has 5 nitrogen and oxygen atoms in total. The summed E-state index contributed by atoms with van der Waals surface area (Å²) in [6.45, 7) is 0.859. The summed E-state index contributed by atoms with van der Waals surface area (Å²) in [6.07, 6.45) is 0.491. The second-order valence-corrected chi connectivity index (χ2v) is 9.73. The molecular formula is C24H21ClN2O3S. The Balaban J connectivity index is 1.82. The van der Waals surface area contributed by atoms with E-state index < -0.39 is 16.1 Å².